The van der Waals surface area contributed by atoms with Crippen LogP contribution in [0.2, 0.25) is 0 Å². The second kappa shape index (κ2) is 1.78. The zero-order valence-corrected chi connectivity index (χ0v) is 7.28. The maximum atomic E-state index is 2.42. The van der Waals surface area contributed by atoms with Crippen LogP contribution >= 0.6 is 0 Å². The third kappa shape index (κ3) is 0.627. The van der Waals surface area contributed by atoms with E-state index in [-0.39, 0.29) is 0 Å². The summed E-state index contributed by atoms with van der Waals surface area (Å²) < 4.78 is 0. The summed E-state index contributed by atoms with van der Waals surface area (Å²) in [5, 5.41) is 0. The predicted molar refractivity (Wildman–Crippen MR) is 43.5 cm³/mol. The first-order valence-electron chi connectivity index (χ1n) is 4.46. The van der Waals surface area contributed by atoms with Crippen LogP contribution in [-0.2, 0) is 0 Å². The van der Waals surface area contributed by atoms with Gasteiger partial charge in [-0.2, -0.15) is 0 Å². The molecule has 2 atom stereocenters. The van der Waals surface area contributed by atoms with Gasteiger partial charge in [-0.05, 0) is 42.4 Å². The summed E-state index contributed by atoms with van der Waals surface area (Å²) in [6, 6.07) is 0. The first-order valence-corrected chi connectivity index (χ1v) is 4.46. The van der Waals surface area contributed by atoms with Gasteiger partial charge >= 0.3 is 0 Å². The topological polar surface area (TPSA) is 0 Å². The Morgan fingerprint density at radius 3 is 2.30 bits per heavy atom. The summed E-state index contributed by atoms with van der Waals surface area (Å²) in [7, 11) is 0. The molecule has 2 bridgehead atoms. The Morgan fingerprint density at radius 1 is 1.30 bits per heavy atom. The van der Waals surface area contributed by atoms with E-state index in [1.165, 1.54) is 19.3 Å². The lowest BCUT2D eigenvalue weighted by molar-refractivity contribution is 0.249. The van der Waals surface area contributed by atoms with E-state index in [0.29, 0.717) is 5.41 Å². The Hall–Kier alpha value is 0. The highest BCUT2D eigenvalue weighted by Gasteiger charge is 2.50. The quantitative estimate of drug-likeness (QED) is 0.481. The molecule has 0 amide bonds. The standard InChI is InChI=1S/C10H17/c1-7-8-4-5-9(6-8)10(7,2)3/h8-9H,4-6H2,1-3H3. The van der Waals surface area contributed by atoms with Crippen LogP contribution in [-0.4, -0.2) is 0 Å². The average Bonchev–Trinajstić information content (AvgIpc) is 2.37. The van der Waals surface area contributed by atoms with Crippen molar-refractivity contribution in [3.63, 3.8) is 0 Å². The maximum Gasteiger partial charge on any atom is -0.0182 e. The highest BCUT2D eigenvalue weighted by molar-refractivity contribution is 5.16. The fraction of sp³-hybridized carbons (Fsp3) is 0.900. The van der Waals surface area contributed by atoms with Gasteiger partial charge in [-0.15, -0.1) is 0 Å². The van der Waals surface area contributed by atoms with Crippen molar-refractivity contribution < 1.29 is 0 Å². The molecule has 0 aromatic carbocycles. The van der Waals surface area contributed by atoms with E-state index in [0.717, 1.165) is 11.8 Å². The SMILES string of the molecule is C[C]1C2CCC(C2)C1(C)C. The third-order valence-electron chi connectivity index (χ3n) is 4.08. The maximum absolute atomic E-state index is 2.42. The Bertz CT molecular complexity index is 142. The van der Waals surface area contributed by atoms with E-state index in [2.05, 4.69) is 20.8 Å². The number of hydrogen-bond donors (Lipinski definition) is 0. The van der Waals surface area contributed by atoms with Crippen LogP contribution < -0.4 is 0 Å². The summed E-state index contributed by atoms with van der Waals surface area (Å²) in [6.07, 6.45) is 4.48. The molecule has 0 aromatic rings. The van der Waals surface area contributed by atoms with Gasteiger partial charge in [0.05, 0.1) is 0 Å². The number of hydrogen-bond acceptors (Lipinski definition) is 0. The number of fused-ring (bicyclic) bond motifs is 2. The van der Waals surface area contributed by atoms with Gasteiger partial charge in [-0.25, -0.2) is 0 Å². The van der Waals surface area contributed by atoms with Gasteiger partial charge < -0.3 is 0 Å². The van der Waals surface area contributed by atoms with Gasteiger partial charge in [0.2, 0.25) is 0 Å². The van der Waals surface area contributed by atoms with Crippen molar-refractivity contribution in [1.82, 2.24) is 0 Å². The smallest absolute Gasteiger partial charge is 0.0182 e. The summed E-state index contributed by atoms with van der Waals surface area (Å²) in [5.74, 6) is 3.81. The molecule has 2 fully saturated rings. The van der Waals surface area contributed by atoms with Crippen molar-refractivity contribution in [2.45, 2.75) is 40.0 Å². The van der Waals surface area contributed by atoms with Gasteiger partial charge in [-0.3, -0.25) is 0 Å². The zero-order valence-electron chi connectivity index (χ0n) is 7.28. The van der Waals surface area contributed by atoms with Crippen molar-refractivity contribution in [2.75, 3.05) is 0 Å². The molecule has 0 N–H and O–H groups in total. The number of rotatable bonds is 0. The van der Waals surface area contributed by atoms with Crippen LogP contribution in [0.25, 0.3) is 0 Å². The molecule has 0 aliphatic heterocycles. The van der Waals surface area contributed by atoms with E-state index < -0.39 is 0 Å². The van der Waals surface area contributed by atoms with Crippen LogP contribution in [0.5, 0.6) is 0 Å². The molecule has 0 spiro atoms. The van der Waals surface area contributed by atoms with Gasteiger partial charge in [0.25, 0.3) is 0 Å². The molecule has 0 nitrogen and oxygen atoms in total. The van der Waals surface area contributed by atoms with Crippen LogP contribution in [0.1, 0.15) is 40.0 Å². The Labute approximate surface area is 64.0 Å². The molecule has 0 saturated heterocycles. The van der Waals surface area contributed by atoms with E-state index in [4.69, 9.17) is 0 Å². The lowest BCUT2D eigenvalue weighted by Gasteiger charge is -2.35. The summed E-state index contributed by atoms with van der Waals surface area (Å²) in [4.78, 5) is 0. The second-order valence-electron chi connectivity index (χ2n) is 4.61. The molecule has 2 aliphatic carbocycles. The van der Waals surface area contributed by atoms with Gasteiger partial charge in [0.15, 0.2) is 0 Å². The van der Waals surface area contributed by atoms with Crippen molar-refractivity contribution in [2.24, 2.45) is 17.3 Å². The molecular weight excluding hydrogens is 120 g/mol. The molecule has 2 unspecified atom stereocenters. The monoisotopic (exact) mass is 137 g/mol. The zero-order chi connectivity index (χ0) is 7.35. The lowest BCUT2D eigenvalue weighted by Crippen LogP contribution is -2.26. The van der Waals surface area contributed by atoms with Crippen LogP contribution in [0.15, 0.2) is 0 Å². The molecule has 0 heteroatoms. The molecule has 57 valence electrons. The Balaban J connectivity index is 2.25. The fourth-order valence-corrected chi connectivity index (χ4v) is 2.88. The van der Waals surface area contributed by atoms with Crippen molar-refractivity contribution in [3.8, 4) is 0 Å². The van der Waals surface area contributed by atoms with Crippen molar-refractivity contribution >= 4 is 0 Å². The third-order valence-corrected chi connectivity index (χ3v) is 4.08. The Kier molecular flexibility index (Phi) is 1.19. The van der Waals surface area contributed by atoms with E-state index >= 15 is 0 Å². The molecule has 10 heavy (non-hydrogen) atoms. The average molecular weight is 137 g/mol. The van der Waals surface area contributed by atoms with E-state index in [1.54, 1.807) is 5.92 Å². The molecular formula is C10H17. The van der Waals surface area contributed by atoms with Crippen LogP contribution in [0, 0.1) is 23.2 Å². The first-order chi connectivity index (χ1) is 4.62. The first kappa shape index (κ1) is 6.69. The second-order valence-corrected chi connectivity index (χ2v) is 4.61. The minimum Gasteiger partial charge on any atom is -0.0591 e. The largest absolute Gasteiger partial charge is 0.0591 e. The van der Waals surface area contributed by atoms with Crippen molar-refractivity contribution in [1.29, 1.82) is 0 Å². The van der Waals surface area contributed by atoms with Crippen LogP contribution in [0.3, 0.4) is 0 Å². The molecule has 0 aromatic heterocycles. The van der Waals surface area contributed by atoms with E-state index in [9.17, 15) is 0 Å². The van der Waals surface area contributed by atoms with Crippen LogP contribution in [0.4, 0.5) is 0 Å². The molecule has 0 heterocycles. The highest BCUT2D eigenvalue weighted by atomic mass is 14.5. The van der Waals surface area contributed by atoms with Gasteiger partial charge in [0, 0.05) is 0 Å². The van der Waals surface area contributed by atoms with Gasteiger partial charge in [-0.1, -0.05) is 20.8 Å². The van der Waals surface area contributed by atoms with Gasteiger partial charge in [0.1, 0.15) is 0 Å². The summed E-state index contributed by atoms with van der Waals surface area (Å²) in [6.45, 7) is 7.21. The predicted octanol–water partition coefficient (Wildman–Crippen LogP) is 3.04. The highest BCUT2D eigenvalue weighted by Crippen LogP contribution is 2.60. The summed E-state index contributed by atoms with van der Waals surface area (Å²) >= 11 is 0. The minimum atomic E-state index is 0.586. The molecule has 2 rings (SSSR count). The van der Waals surface area contributed by atoms with E-state index in [1.807, 2.05) is 0 Å². The van der Waals surface area contributed by atoms with Crippen molar-refractivity contribution in [3.05, 3.63) is 5.92 Å². The summed E-state index contributed by atoms with van der Waals surface area (Å²) in [5.41, 5.74) is 0.586. The molecule has 1 radical (unpaired) electrons. The molecule has 2 aliphatic rings. The molecule has 2 saturated carbocycles. The normalized spacial score (nSPS) is 44.7. The minimum absolute atomic E-state index is 0.586. The lowest BCUT2D eigenvalue weighted by atomic mass is 9.70. The Morgan fingerprint density at radius 2 is 2.00 bits per heavy atom. The fourth-order valence-electron chi connectivity index (χ4n) is 2.88.